The molecule has 3 nitrogen and oxygen atoms in total. The lowest BCUT2D eigenvalue weighted by Crippen LogP contribution is -2.02. The van der Waals surface area contributed by atoms with E-state index in [1.807, 2.05) is 36.4 Å². The zero-order valence-electron chi connectivity index (χ0n) is 11.2. The van der Waals surface area contributed by atoms with Crippen LogP contribution in [0.3, 0.4) is 0 Å². The molecule has 0 amide bonds. The van der Waals surface area contributed by atoms with E-state index < -0.39 is 5.97 Å². The first-order valence-electron chi connectivity index (χ1n) is 6.44. The smallest absolute Gasteiger partial charge is 0.331 e. The Labute approximate surface area is 118 Å². The second kappa shape index (κ2) is 6.57. The maximum absolute atomic E-state index is 11.7. The molecule has 0 aliphatic carbocycles. The number of phenols is 1. The Morgan fingerprint density at radius 2 is 1.75 bits per heavy atom. The van der Waals surface area contributed by atoms with Gasteiger partial charge >= 0.3 is 5.97 Å². The number of esters is 1. The Morgan fingerprint density at radius 3 is 2.40 bits per heavy atom. The van der Waals surface area contributed by atoms with Gasteiger partial charge < -0.3 is 9.84 Å². The van der Waals surface area contributed by atoms with Crippen molar-refractivity contribution in [3.63, 3.8) is 0 Å². The Morgan fingerprint density at radius 1 is 1.10 bits per heavy atom. The van der Waals surface area contributed by atoms with Crippen LogP contribution in [0, 0.1) is 0 Å². The van der Waals surface area contributed by atoms with E-state index in [4.69, 9.17) is 4.74 Å². The third-order valence-electron chi connectivity index (χ3n) is 2.83. The molecule has 3 heteroatoms. The number of para-hydroxylation sites is 1. The van der Waals surface area contributed by atoms with Crippen molar-refractivity contribution >= 4 is 11.5 Å². The highest BCUT2D eigenvalue weighted by molar-refractivity contribution is 5.97. The topological polar surface area (TPSA) is 46.5 Å². The maximum Gasteiger partial charge on any atom is 0.331 e. The Bertz CT molecular complexity index is 615. The van der Waals surface area contributed by atoms with Crippen LogP contribution >= 0.6 is 0 Å². The molecule has 0 aromatic heterocycles. The van der Waals surface area contributed by atoms with Crippen molar-refractivity contribution in [3.05, 3.63) is 71.8 Å². The first kappa shape index (κ1) is 13.9. The van der Waals surface area contributed by atoms with Gasteiger partial charge in [-0.3, -0.25) is 0 Å². The largest absolute Gasteiger partial charge is 0.507 e. The quantitative estimate of drug-likeness (QED) is 0.683. The van der Waals surface area contributed by atoms with E-state index in [0.717, 1.165) is 5.56 Å². The van der Waals surface area contributed by atoms with Gasteiger partial charge in [0, 0.05) is 11.6 Å². The van der Waals surface area contributed by atoms with Gasteiger partial charge in [0.25, 0.3) is 0 Å². The molecule has 0 saturated heterocycles. The molecule has 0 atom stereocenters. The van der Waals surface area contributed by atoms with E-state index in [2.05, 4.69) is 0 Å². The normalized spacial score (nSPS) is 11.2. The summed E-state index contributed by atoms with van der Waals surface area (Å²) >= 11 is 0. The molecule has 0 radical (unpaired) electrons. The predicted octanol–water partition coefficient (Wildman–Crippen LogP) is 3.39. The fraction of sp³-hybridized carbons (Fsp3) is 0.118. The van der Waals surface area contributed by atoms with Gasteiger partial charge in [0.15, 0.2) is 0 Å². The summed E-state index contributed by atoms with van der Waals surface area (Å²) in [6.45, 7) is 2.08. The van der Waals surface area contributed by atoms with Gasteiger partial charge in [-0.2, -0.15) is 0 Å². The summed E-state index contributed by atoms with van der Waals surface area (Å²) in [5.74, 6) is -0.290. The Kier molecular flexibility index (Phi) is 4.56. The number of hydrogen-bond donors (Lipinski definition) is 1. The van der Waals surface area contributed by atoms with Crippen molar-refractivity contribution in [1.82, 2.24) is 0 Å². The summed E-state index contributed by atoms with van der Waals surface area (Å²) < 4.78 is 4.96. The van der Waals surface area contributed by atoms with Gasteiger partial charge in [-0.1, -0.05) is 48.5 Å². The van der Waals surface area contributed by atoms with Crippen LogP contribution in [0.4, 0.5) is 0 Å². The van der Waals surface area contributed by atoms with E-state index in [-0.39, 0.29) is 5.75 Å². The molecule has 0 heterocycles. The first-order chi connectivity index (χ1) is 9.72. The minimum atomic E-state index is -0.422. The average Bonchev–Trinajstić information content (AvgIpc) is 2.47. The summed E-state index contributed by atoms with van der Waals surface area (Å²) in [4.78, 5) is 11.7. The van der Waals surface area contributed by atoms with Crippen molar-refractivity contribution in [3.8, 4) is 5.75 Å². The van der Waals surface area contributed by atoms with Crippen molar-refractivity contribution < 1.29 is 14.6 Å². The molecule has 0 fully saturated rings. The number of phenolic OH excluding ortho intramolecular Hbond substituents is 1. The van der Waals surface area contributed by atoms with Crippen molar-refractivity contribution in [2.75, 3.05) is 6.61 Å². The molecular formula is C17H16O3. The van der Waals surface area contributed by atoms with Crippen molar-refractivity contribution in [1.29, 1.82) is 0 Å². The molecule has 1 N–H and O–H groups in total. The highest BCUT2D eigenvalue weighted by Gasteiger charge is 2.11. The van der Waals surface area contributed by atoms with E-state index in [1.165, 1.54) is 6.08 Å². The molecule has 0 aliphatic rings. The highest BCUT2D eigenvalue weighted by atomic mass is 16.5. The SMILES string of the molecule is CCOC(=O)C=C(c1ccccc1)c1ccccc1O. The summed E-state index contributed by atoms with van der Waals surface area (Å²) in [5.41, 5.74) is 2.09. The van der Waals surface area contributed by atoms with E-state index >= 15 is 0 Å². The standard InChI is InChI=1S/C17H16O3/c1-2-20-17(19)12-15(13-8-4-3-5-9-13)14-10-6-7-11-16(14)18/h3-12,18H,2H2,1H3. The predicted molar refractivity (Wildman–Crippen MR) is 78.3 cm³/mol. The lowest BCUT2D eigenvalue weighted by atomic mass is 9.97. The molecule has 0 aliphatic heterocycles. The van der Waals surface area contributed by atoms with Gasteiger partial charge in [-0.05, 0) is 24.1 Å². The molecule has 20 heavy (non-hydrogen) atoms. The zero-order valence-corrected chi connectivity index (χ0v) is 11.2. The van der Waals surface area contributed by atoms with Gasteiger partial charge in [-0.15, -0.1) is 0 Å². The van der Waals surface area contributed by atoms with Crippen LogP contribution < -0.4 is 0 Å². The third kappa shape index (κ3) is 3.26. The van der Waals surface area contributed by atoms with Crippen molar-refractivity contribution in [2.45, 2.75) is 6.92 Å². The summed E-state index contributed by atoms with van der Waals surface area (Å²) in [5, 5.41) is 9.99. The molecule has 0 unspecified atom stereocenters. The number of rotatable bonds is 4. The van der Waals surface area contributed by atoms with Crippen LogP contribution in [0.2, 0.25) is 0 Å². The van der Waals surface area contributed by atoms with E-state index in [9.17, 15) is 9.90 Å². The number of aromatic hydroxyl groups is 1. The monoisotopic (exact) mass is 268 g/mol. The van der Waals surface area contributed by atoms with Crippen LogP contribution in [0.25, 0.3) is 5.57 Å². The molecule has 0 spiro atoms. The third-order valence-corrected chi connectivity index (χ3v) is 2.83. The fourth-order valence-corrected chi connectivity index (χ4v) is 1.94. The average molecular weight is 268 g/mol. The van der Waals surface area contributed by atoms with Crippen LogP contribution in [0.1, 0.15) is 18.1 Å². The number of carbonyl (C=O) groups excluding carboxylic acids is 1. The number of ether oxygens (including phenoxy) is 1. The second-order valence-corrected chi connectivity index (χ2v) is 4.19. The molecule has 2 rings (SSSR count). The van der Waals surface area contributed by atoms with Crippen LogP contribution in [-0.4, -0.2) is 17.7 Å². The lowest BCUT2D eigenvalue weighted by Gasteiger charge is -2.10. The highest BCUT2D eigenvalue weighted by Crippen LogP contribution is 2.30. The minimum absolute atomic E-state index is 0.131. The van der Waals surface area contributed by atoms with E-state index in [1.54, 1.807) is 25.1 Å². The first-order valence-corrected chi connectivity index (χ1v) is 6.44. The van der Waals surface area contributed by atoms with Gasteiger partial charge in [0.05, 0.1) is 6.61 Å². The lowest BCUT2D eigenvalue weighted by molar-refractivity contribution is -0.137. The molecule has 2 aromatic rings. The van der Waals surface area contributed by atoms with Gasteiger partial charge in [-0.25, -0.2) is 4.79 Å². The molecule has 102 valence electrons. The number of carbonyl (C=O) groups is 1. The van der Waals surface area contributed by atoms with E-state index in [0.29, 0.717) is 17.7 Å². The molecule has 0 saturated carbocycles. The summed E-state index contributed by atoms with van der Waals surface area (Å²) in [7, 11) is 0. The van der Waals surface area contributed by atoms with Gasteiger partial charge in [0.2, 0.25) is 0 Å². The Balaban J connectivity index is 2.51. The minimum Gasteiger partial charge on any atom is -0.507 e. The summed E-state index contributed by atoms with van der Waals surface area (Å²) in [6.07, 6.45) is 1.41. The van der Waals surface area contributed by atoms with Gasteiger partial charge in [0.1, 0.15) is 5.75 Å². The number of benzene rings is 2. The summed E-state index contributed by atoms with van der Waals surface area (Å²) in [6, 6.07) is 16.4. The molecular weight excluding hydrogens is 252 g/mol. The Hall–Kier alpha value is -2.55. The fourth-order valence-electron chi connectivity index (χ4n) is 1.94. The van der Waals surface area contributed by atoms with Crippen LogP contribution in [-0.2, 0) is 9.53 Å². The molecule has 0 bridgehead atoms. The second-order valence-electron chi connectivity index (χ2n) is 4.19. The molecule has 2 aromatic carbocycles. The van der Waals surface area contributed by atoms with Crippen LogP contribution in [0.5, 0.6) is 5.75 Å². The zero-order chi connectivity index (χ0) is 14.4. The van der Waals surface area contributed by atoms with Crippen LogP contribution in [0.15, 0.2) is 60.7 Å². The van der Waals surface area contributed by atoms with Crippen molar-refractivity contribution in [2.24, 2.45) is 0 Å². The maximum atomic E-state index is 11.7. The number of hydrogen-bond acceptors (Lipinski definition) is 3.